The zero-order valence-electron chi connectivity index (χ0n) is 15.3. The highest BCUT2D eigenvalue weighted by atomic mass is 127. The Kier molecular flexibility index (Phi) is 12.1. The number of ether oxygens (including phenoxy) is 1. The van der Waals surface area contributed by atoms with Gasteiger partial charge in [-0.1, -0.05) is 18.2 Å². The summed E-state index contributed by atoms with van der Waals surface area (Å²) in [5.74, 6) is 2.09. The first kappa shape index (κ1) is 22.4. The summed E-state index contributed by atoms with van der Waals surface area (Å²) in [4.78, 5) is 6.72. The molecule has 0 atom stereocenters. The number of guanidine groups is 1. The van der Waals surface area contributed by atoms with E-state index in [4.69, 9.17) is 4.74 Å². The second-order valence-corrected chi connectivity index (χ2v) is 6.77. The zero-order valence-corrected chi connectivity index (χ0v) is 18.4. The average Bonchev–Trinajstić information content (AvgIpc) is 2.65. The van der Waals surface area contributed by atoms with Crippen LogP contribution in [0.25, 0.3) is 0 Å². The first-order chi connectivity index (χ1) is 11.8. The third-order valence-corrected chi connectivity index (χ3v) is 4.78. The van der Waals surface area contributed by atoms with Crippen LogP contribution in [0.4, 0.5) is 5.69 Å². The first-order valence-electron chi connectivity index (χ1n) is 8.69. The molecule has 0 saturated carbocycles. The molecule has 1 aliphatic rings. The van der Waals surface area contributed by atoms with Crippen LogP contribution in [0.15, 0.2) is 29.3 Å². The molecule has 7 heteroatoms. The van der Waals surface area contributed by atoms with Gasteiger partial charge in [0.25, 0.3) is 0 Å². The van der Waals surface area contributed by atoms with E-state index in [0.717, 1.165) is 45.4 Å². The van der Waals surface area contributed by atoms with E-state index >= 15 is 0 Å². The predicted molar refractivity (Wildman–Crippen MR) is 121 cm³/mol. The maximum Gasteiger partial charge on any atom is 0.191 e. The molecule has 1 aliphatic heterocycles. The molecule has 0 amide bonds. The number of hydrogen-bond acceptors (Lipinski definition) is 4. The van der Waals surface area contributed by atoms with Crippen LogP contribution in [0.2, 0.25) is 0 Å². The molecule has 0 aliphatic carbocycles. The van der Waals surface area contributed by atoms with Crippen molar-refractivity contribution in [3.8, 4) is 0 Å². The lowest BCUT2D eigenvalue weighted by atomic mass is 10.1. The van der Waals surface area contributed by atoms with Crippen LogP contribution in [0.5, 0.6) is 0 Å². The van der Waals surface area contributed by atoms with E-state index in [1.165, 1.54) is 29.8 Å². The quantitative estimate of drug-likeness (QED) is 0.261. The summed E-state index contributed by atoms with van der Waals surface area (Å²) < 4.78 is 5.46. The second kappa shape index (κ2) is 13.5. The van der Waals surface area contributed by atoms with E-state index in [0.29, 0.717) is 0 Å². The lowest BCUT2D eigenvalue weighted by molar-refractivity contribution is 0.122. The van der Waals surface area contributed by atoms with E-state index in [1.807, 2.05) is 18.8 Å². The molecule has 1 heterocycles. The van der Waals surface area contributed by atoms with E-state index in [9.17, 15) is 0 Å². The van der Waals surface area contributed by atoms with Crippen molar-refractivity contribution in [2.45, 2.75) is 19.4 Å². The van der Waals surface area contributed by atoms with Crippen LogP contribution < -0.4 is 15.5 Å². The largest absolute Gasteiger partial charge is 0.378 e. The Bertz CT molecular complexity index is 510. The van der Waals surface area contributed by atoms with Gasteiger partial charge in [-0.2, -0.15) is 11.8 Å². The lowest BCUT2D eigenvalue weighted by Gasteiger charge is -2.30. The summed E-state index contributed by atoms with van der Waals surface area (Å²) in [7, 11) is 1.82. The number of nitrogens with one attached hydrogen (secondary N) is 2. The minimum absolute atomic E-state index is 0. The minimum Gasteiger partial charge on any atom is -0.378 e. The smallest absolute Gasteiger partial charge is 0.191 e. The van der Waals surface area contributed by atoms with Gasteiger partial charge in [0.1, 0.15) is 0 Å². The second-order valence-electron chi connectivity index (χ2n) is 5.78. The van der Waals surface area contributed by atoms with Gasteiger partial charge in [-0.05, 0) is 36.5 Å². The number of morpholine rings is 1. The fraction of sp³-hybridized carbons (Fsp3) is 0.611. The number of halogens is 1. The number of unbranched alkanes of at least 4 members (excludes halogenated alkanes) is 1. The maximum absolute atomic E-state index is 5.46. The monoisotopic (exact) mass is 478 g/mol. The standard InChI is InChI=1S/C18H30N4OS.HI/c1-19-18(20-9-5-6-14-24-2)21-15-16-7-3-4-8-17(16)22-10-12-23-13-11-22;/h3-4,7-8H,5-6,9-15H2,1-2H3,(H2,19,20,21);1H. The highest BCUT2D eigenvalue weighted by Gasteiger charge is 2.14. The zero-order chi connectivity index (χ0) is 17.0. The van der Waals surface area contributed by atoms with Gasteiger partial charge in [0.2, 0.25) is 0 Å². The van der Waals surface area contributed by atoms with Crippen LogP contribution in [0.1, 0.15) is 18.4 Å². The molecule has 0 radical (unpaired) electrons. The van der Waals surface area contributed by atoms with Crippen LogP contribution in [0.3, 0.4) is 0 Å². The van der Waals surface area contributed by atoms with Crippen molar-refractivity contribution < 1.29 is 4.74 Å². The van der Waals surface area contributed by atoms with Crippen molar-refractivity contribution >= 4 is 47.4 Å². The summed E-state index contributed by atoms with van der Waals surface area (Å²) >= 11 is 1.90. The SMILES string of the molecule is CN=C(NCCCCSC)NCc1ccccc1N1CCOCC1.I. The number of rotatable bonds is 8. The number of anilines is 1. The van der Waals surface area contributed by atoms with Crippen LogP contribution in [-0.4, -0.2) is 57.9 Å². The Labute approximate surface area is 173 Å². The Balaban J connectivity index is 0.00000312. The maximum atomic E-state index is 5.46. The molecule has 0 unspecified atom stereocenters. The minimum atomic E-state index is 0. The number of aliphatic imine (C=N–C) groups is 1. The van der Waals surface area contributed by atoms with E-state index in [2.05, 4.69) is 51.0 Å². The summed E-state index contributed by atoms with van der Waals surface area (Å²) in [6.45, 7) is 5.27. The van der Waals surface area contributed by atoms with Crippen molar-refractivity contribution in [3.63, 3.8) is 0 Å². The normalized spacial score (nSPS) is 14.8. The Morgan fingerprint density at radius 3 is 2.68 bits per heavy atom. The van der Waals surface area contributed by atoms with Crippen molar-refractivity contribution in [1.82, 2.24) is 10.6 Å². The van der Waals surface area contributed by atoms with Gasteiger partial charge in [0, 0.05) is 38.9 Å². The highest BCUT2D eigenvalue weighted by Crippen LogP contribution is 2.21. The summed E-state index contributed by atoms with van der Waals surface area (Å²) in [5, 5.41) is 6.83. The number of benzene rings is 1. The van der Waals surface area contributed by atoms with E-state index in [1.54, 1.807) is 0 Å². The van der Waals surface area contributed by atoms with Crippen LogP contribution >= 0.6 is 35.7 Å². The summed E-state index contributed by atoms with van der Waals surface area (Å²) in [6, 6.07) is 8.58. The van der Waals surface area contributed by atoms with Crippen LogP contribution in [-0.2, 0) is 11.3 Å². The summed E-state index contributed by atoms with van der Waals surface area (Å²) in [5.41, 5.74) is 2.59. The average molecular weight is 478 g/mol. The van der Waals surface area contributed by atoms with Gasteiger partial charge in [-0.15, -0.1) is 24.0 Å². The van der Waals surface area contributed by atoms with Gasteiger partial charge < -0.3 is 20.3 Å². The van der Waals surface area contributed by atoms with E-state index < -0.39 is 0 Å². The summed E-state index contributed by atoms with van der Waals surface area (Å²) in [6.07, 6.45) is 4.57. The van der Waals surface area contributed by atoms with E-state index in [-0.39, 0.29) is 24.0 Å². The van der Waals surface area contributed by atoms with Gasteiger partial charge >= 0.3 is 0 Å². The molecule has 1 aromatic carbocycles. The topological polar surface area (TPSA) is 48.9 Å². The molecule has 1 aromatic rings. The predicted octanol–water partition coefficient (Wildman–Crippen LogP) is 2.95. The fourth-order valence-electron chi connectivity index (χ4n) is 2.75. The van der Waals surface area contributed by atoms with Crippen molar-refractivity contribution in [2.24, 2.45) is 4.99 Å². The van der Waals surface area contributed by atoms with Gasteiger partial charge in [0.05, 0.1) is 13.2 Å². The fourth-order valence-corrected chi connectivity index (χ4v) is 3.24. The molecule has 0 bridgehead atoms. The highest BCUT2D eigenvalue weighted by molar-refractivity contribution is 14.0. The van der Waals surface area contributed by atoms with Gasteiger partial charge in [0.15, 0.2) is 5.96 Å². The molecule has 1 fully saturated rings. The molecule has 2 rings (SSSR count). The third kappa shape index (κ3) is 8.04. The molecular formula is C18H31IN4OS. The Morgan fingerprint density at radius 1 is 1.20 bits per heavy atom. The Hall–Kier alpha value is -0.670. The van der Waals surface area contributed by atoms with Gasteiger partial charge in [-0.3, -0.25) is 4.99 Å². The number of thioether (sulfide) groups is 1. The number of nitrogens with zero attached hydrogens (tertiary/aromatic N) is 2. The lowest BCUT2D eigenvalue weighted by Crippen LogP contribution is -2.39. The molecule has 2 N–H and O–H groups in total. The van der Waals surface area contributed by atoms with Crippen molar-refractivity contribution in [1.29, 1.82) is 0 Å². The molecule has 25 heavy (non-hydrogen) atoms. The molecule has 0 spiro atoms. The molecule has 5 nitrogen and oxygen atoms in total. The Morgan fingerprint density at radius 2 is 1.96 bits per heavy atom. The van der Waals surface area contributed by atoms with Gasteiger partial charge in [-0.25, -0.2) is 0 Å². The first-order valence-corrected chi connectivity index (χ1v) is 10.1. The molecular weight excluding hydrogens is 447 g/mol. The van der Waals surface area contributed by atoms with Crippen molar-refractivity contribution in [2.75, 3.05) is 56.8 Å². The molecule has 1 saturated heterocycles. The van der Waals surface area contributed by atoms with Crippen molar-refractivity contribution in [3.05, 3.63) is 29.8 Å². The molecule has 142 valence electrons. The number of para-hydroxylation sites is 1. The van der Waals surface area contributed by atoms with Crippen LogP contribution in [0, 0.1) is 0 Å². The third-order valence-electron chi connectivity index (χ3n) is 4.08. The molecule has 0 aromatic heterocycles. The number of hydrogen-bond donors (Lipinski definition) is 2.